The predicted octanol–water partition coefficient (Wildman–Crippen LogP) is 24.2. The van der Waals surface area contributed by atoms with Gasteiger partial charge in [-0.05, 0) is 275 Å². The first kappa shape index (κ1) is 128. The molecule has 0 spiro atoms. The van der Waals surface area contributed by atoms with Gasteiger partial charge in [-0.15, -0.1) is 69.1 Å². The summed E-state index contributed by atoms with van der Waals surface area (Å²) in [5, 5.41) is 22.7. The highest BCUT2D eigenvalue weighted by Crippen LogP contribution is 2.31. The van der Waals surface area contributed by atoms with Gasteiger partial charge in [0.15, 0.2) is 65.5 Å². The third-order valence-electron chi connectivity index (χ3n) is 24.2. The van der Waals surface area contributed by atoms with Crippen LogP contribution in [0.4, 0.5) is 13.2 Å². The van der Waals surface area contributed by atoms with E-state index in [-0.39, 0.29) is 102 Å². The molecule has 2 amide bonds. The molecule has 38 heteroatoms. The molecule has 2 atom stereocenters. The first-order chi connectivity index (χ1) is 69.5. The Morgan fingerprint density at radius 3 is 1.01 bits per heavy atom. The molecule has 6 saturated heterocycles. The number of aliphatic hydroxyl groups excluding tert-OH is 2. The third kappa shape index (κ3) is 48.6. The van der Waals surface area contributed by atoms with Gasteiger partial charge in [-0.1, -0.05) is 84.5 Å². The standard InChI is InChI=1S/C15H18ClF2NO.C15H19ClFNO.C15H20ClNO2.C15H20ClNO.C14H20N2O2S.C13H18N2O2S.C9H13NOS.C7H9NO2S.C6H7NO2S.ClH/c1-11-4-5-12(13(16)9-11)14(20)3-2-7-19-8-6-15(17,18)10-19;1-11-4-5-13(14(16)9-11)15(19)3-2-7-18-8-6-12(17)10-18;1-11-4-5-13(14(16)9-11)15(19)3-2-7-17-8-6-12(18)10-17;1-12-6-7-13(14(16)11-12)15(18)5-4-10-17-8-2-3-9-17;1-11-10-15-14(19-11)12(17)6-5-7-13(18)16-8-3-2-4-9-16;1-10-9-14-13(18-10)11(16)5-4-6-12(17)15-7-2-3-8-15;1-6(2)4-8(11)9-10-5-7(3)12-9;1-5-3-8-7(11-5)6(9)4-10-2;1-4-2-7-6(10-4)5(9)3-8;/h4-5,9H,2-3,6-8,10H2,1H3;4-5,9,12H,2-3,6-8,10H2,1H3;4-5,9,12,18H,2-3,6-8,10H2,1H3;6-7,11H,2-5,8-10H2,1H3;10H,2-9H2,1H3;9H,2-8H2,1H3;5-6H,4H2,1-3H3;3H,4H2,1-2H3;2,8H,3H2,1H3;1H. The average Bonchev–Trinajstić information content (AvgIpc) is 1.84. The van der Waals surface area contributed by atoms with Crippen molar-refractivity contribution in [2.75, 3.05) is 125 Å². The van der Waals surface area contributed by atoms with Crippen molar-refractivity contribution < 1.29 is 80.9 Å². The van der Waals surface area contributed by atoms with Crippen molar-refractivity contribution in [3.63, 3.8) is 0 Å². The number of halogens is 8. The normalized spacial score (nSPS) is 15.7. The molecule has 2 N–H and O–H groups in total. The summed E-state index contributed by atoms with van der Waals surface area (Å²) in [6.07, 6.45) is 26.0. The number of methoxy groups -OCH3 is 1. The summed E-state index contributed by atoms with van der Waals surface area (Å²) in [4.78, 5) is 166. The van der Waals surface area contributed by atoms with Crippen LogP contribution < -0.4 is 0 Å². The second kappa shape index (κ2) is 68.1. The molecule has 6 fully saturated rings. The second-order valence-corrected chi connectivity index (χ2v) is 45.6. The number of carbonyl (C=O) groups excluding carboxylic acids is 11. The van der Waals surface area contributed by atoms with Crippen LogP contribution in [-0.4, -0.2) is 272 Å². The zero-order chi connectivity index (χ0) is 107. The van der Waals surface area contributed by atoms with E-state index in [1.54, 1.807) is 60.1 Å². The van der Waals surface area contributed by atoms with Crippen LogP contribution in [0, 0.1) is 68.2 Å². The van der Waals surface area contributed by atoms with E-state index >= 15 is 0 Å². The number of alkyl halides is 3. The molecule has 5 aromatic heterocycles. The molecule has 6 aliphatic rings. The van der Waals surface area contributed by atoms with Crippen LogP contribution in [0.5, 0.6) is 0 Å². The largest absolute Gasteiger partial charge is 0.392 e. The van der Waals surface area contributed by atoms with Crippen molar-refractivity contribution in [1.82, 2.24) is 54.3 Å². The Balaban J connectivity index is 0.000000254. The van der Waals surface area contributed by atoms with Crippen LogP contribution in [0.25, 0.3) is 0 Å². The zero-order valence-corrected chi connectivity index (χ0v) is 94.7. The number of Topliss-reactive ketones (excluding diaryl/α,β-unsaturated/α-hetero) is 9. The summed E-state index contributed by atoms with van der Waals surface area (Å²) < 4.78 is 43.7. The minimum absolute atomic E-state index is 0. The Kier molecular flexibility index (Phi) is 59.1. The smallest absolute Gasteiger partial charge is 0.261 e. The quantitative estimate of drug-likeness (QED) is 0.0340. The van der Waals surface area contributed by atoms with Gasteiger partial charge in [-0.25, -0.2) is 38.1 Å². The Hall–Kier alpha value is -8.04. The van der Waals surface area contributed by atoms with Crippen LogP contribution in [0.3, 0.4) is 0 Å². The zero-order valence-electron chi connectivity index (χ0n) is 86.8. The number of hydrogen-bond donors (Lipinski definition) is 2. The van der Waals surface area contributed by atoms with Crippen molar-refractivity contribution in [1.29, 1.82) is 0 Å². The Labute approximate surface area is 911 Å². The number of aryl methyl sites for hydroxylation is 9. The van der Waals surface area contributed by atoms with Gasteiger partial charge in [-0.3, -0.25) is 57.6 Å². The summed E-state index contributed by atoms with van der Waals surface area (Å²) in [6.45, 7) is 33.5. The molecule has 6 aliphatic heterocycles. The Morgan fingerprint density at radius 2 is 0.707 bits per heavy atom. The molecule has 25 nitrogen and oxygen atoms in total. The number of aromatic nitrogens is 5. The van der Waals surface area contributed by atoms with Crippen molar-refractivity contribution >= 4 is 179 Å². The number of benzene rings is 4. The molecule has 15 rings (SSSR count). The van der Waals surface area contributed by atoms with Gasteiger partial charge < -0.3 is 39.4 Å². The van der Waals surface area contributed by atoms with E-state index in [9.17, 15) is 71.0 Å². The number of hydrogen-bond acceptors (Lipinski definition) is 28. The SMILES string of the molecule is COCC(=O)c1ncc(C)s1.Cc1ccc(C(=O)CCCN2CCC(F)(F)C2)c(Cl)c1.Cc1ccc(C(=O)CCCN2CCC(F)C2)c(Cl)c1.Cc1ccc(C(=O)CCCN2CCC(O)C2)c(Cl)c1.Cc1ccc(C(=O)CCCN2CCCC2)c(Cl)c1.Cc1cnc(C(=O)CC(C)C)s1.Cc1cnc(C(=O)CCCC(=O)N2CCCC2)s1.Cc1cnc(C(=O)CCCC(=O)N2CCCCC2)s1.Cc1cnc(C(=O)CO)s1.Cl. The van der Waals surface area contributed by atoms with Crippen molar-refractivity contribution in [2.45, 2.75) is 255 Å². The van der Waals surface area contributed by atoms with E-state index in [1.807, 2.05) is 134 Å². The number of β-amino-alcohol motifs (C(OH)–C–C–N with tert-alkyl or cyclic N) is 1. The molecule has 9 aromatic rings. The monoisotopic (exact) mass is 2220 g/mol. The summed E-state index contributed by atoms with van der Waals surface area (Å²) in [6, 6.07) is 22.0. The number of likely N-dealkylation sites (tertiary alicyclic amines) is 6. The summed E-state index contributed by atoms with van der Waals surface area (Å²) >= 11 is 31.3. The van der Waals surface area contributed by atoms with E-state index in [2.05, 4.69) is 44.4 Å². The van der Waals surface area contributed by atoms with E-state index < -0.39 is 18.7 Å². The highest BCUT2D eigenvalue weighted by Gasteiger charge is 2.38. The maximum atomic E-state index is 13.0. The van der Waals surface area contributed by atoms with Gasteiger partial charge in [0, 0.05) is 208 Å². The molecule has 4 aromatic carbocycles. The maximum Gasteiger partial charge on any atom is 0.261 e. The number of thiazole rings is 5. The van der Waals surface area contributed by atoms with Gasteiger partial charge in [0.25, 0.3) is 5.92 Å². The molecular formula is C109H145Cl5F3N11O14S5. The fourth-order valence-electron chi connectivity index (χ4n) is 16.4. The number of aliphatic hydroxyl groups is 2. The highest BCUT2D eigenvalue weighted by atomic mass is 35.5. The van der Waals surface area contributed by atoms with E-state index in [4.69, 9.17) is 51.5 Å². The predicted molar refractivity (Wildman–Crippen MR) is 589 cm³/mol. The second-order valence-electron chi connectivity index (χ2n) is 37.8. The lowest BCUT2D eigenvalue weighted by Gasteiger charge is -2.26. The lowest BCUT2D eigenvalue weighted by Crippen LogP contribution is -2.35. The number of ether oxygens (including phenoxy) is 1. The third-order valence-corrected chi connectivity index (χ3v) is 30.2. The van der Waals surface area contributed by atoms with Crippen LogP contribution >= 0.6 is 115 Å². The number of piperidine rings is 1. The van der Waals surface area contributed by atoms with Crippen LogP contribution in [0.1, 0.15) is 311 Å². The number of carbonyl (C=O) groups is 11. The van der Waals surface area contributed by atoms with E-state index in [0.717, 1.165) is 163 Å². The Morgan fingerprint density at radius 1 is 0.395 bits per heavy atom. The van der Waals surface area contributed by atoms with Crippen molar-refractivity contribution in [3.8, 4) is 0 Å². The molecule has 2 unspecified atom stereocenters. The molecule has 11 heterocycles. The minimum atomic E-state index is -2.57. The molecule has 0 radical (unpaired) electrons. The molecule has 0 saturated carbocycles. The molecule has 0 bridgehead atoms. The van der Waals surface area contributed by atoms with Crippen molar-refractivity contribution in [2.24, 2.45) is 5.92 Å². The van der Waals surface area contributed by atoms with E-state index in [0.29, 0.717) is 176 Å². The van der Waals surface area contributed by atoms with Crippen LogP contribution in [-0.2, 0) is 14.3 Å². The summed E-state index contributed by atoms with van der Waals surface area (Å²) in [5.74, 6) is -1.52. The van der Waals surface area contributed by atoms with E-state index in [1.165, 1.54) is 96.1 Å². The Bertz CT molecular complexity index is 5580. The fourth-order valence-corrected chi connectivity index (χ4v) is 21.3. The van der Waals surface area contributed by atoms with Gasteiger partial charge in [0.1, 0.15) is 19.4 Å². The number of ketones is 9. The number of rotatable bonds is 38. The molecule has 806 valence electrons. The summed E-state index contributed by atoms with van der Waals surface area (Å²) in [7, 11) is 1.50. The molecular weight excluding hydrogens is 2080 g/mol. The highest BCUT2D eigenvalue weighted by molar-refractivity contribution is 7.14. The first-order valence-corrected chi connectivity index (χ1v) is 55.9. The van der Waals surface area contributed by atoms with Gasteiger partial charge >= 0.3 is 0 Å². The first-order valence-electron chi connectivity index (χ1n) is 50.3. The molecule has 147 heavy (non-hydrogen) atoms. The lowest BCUT2D eigenvalue weighted by molar-refractivity contribution is -0.132. The maximum absolute atomic E-state index is 13.0. The van der Waals surface area contributed by atoms with Crippen LogP contribution in [0.2, 0.25) is 20.1 Å². The average molecular weight is 2230 g/mol. The fraction of sp³-hybridized carbons (Fsp3) is 0.541. The van der Waals surface area contributed by atoms with Crippen molar-refractivity contribution in [3.05, 3.63) is 218 Å². The van der Waals surface area contributed by atoms with Gasteiger partial charge in [0.2, 0.25) is 23.4 Å². The topological polar surface area (TPSA) is 321 Å². The van der Waals surface area contributed by atoms with Gasteiger partial charge in [0.05, 0.1) is 32.7 Å². The summed E-state index contributed by atoms with van der Waals surface area (Å²) in [5.41, 5.74) is 6.61. The van der Waals surface area contributed by atoms with Gasteiger partial charge in [-0.2, -0.15) is 0 Å². The molecule has 0 aliphatic carbocycles. The lowest BCUT2D eigenvalue weighted by atomic mass is 10.0. The number of nitrogens with zero attached hydrogens (tertiary/aromatic N) is 11. The van der Waals surface area contributed by atoms with Crippen LogP contribution in [0.15, 0.2) is 104 Å². The minimum Gasteiger partial charge on any atom is -0.392 e. The number of amides is 2.